The average Bonchev–Trinajstić information content (AvgIpc) is 2.87. The van der Waals surface area contributed by atoms with E-state index < -0.39 is 32.7 Å². The first-order chi connectivity index (χ1) is 13.2. The second-order valence-electron chi connectivity index (χ2n) is 5.93. The predicted molar refractivity (Wildman–Crippen MR) is 102 cm³/mol. The van der Waals surface area contributed by atoms with Crippen LogP contribution in [0.2, 0.25) is 10.0 Å². The molecule has 1 heterocycles. The van der Waals surface area contributed by atoms with Crippen molar-refractivity contribution >= 4 is 47.1 Å². The molecule has 0 fully saturated rings. The lowest BCUT2D eigenvalue weighted by molar-refractivity contribution is -0.137. The second-order valence-corrected chi connectivity index (χ2v) is 8.07. The molecule has 2 aromatic rings. The minimum Gasteiger partial charge on any atom is -0.369 e. The molecule has 0 saturated carbocycles. The fourth-order valence-electron chi connectivity index (χ4n) is 2.11. The summed E-state index contributed by atoms with van der Waals surface area (Å²) in [6.45, 7) is 0.619. The molecule has 5 nitrogen and oxygen atoms in total. The van der Waals surface area contributed by atoms with Crippen LogP contribution < -0.4 is 0 Å². The van der Waals surface area contributed by atoms with Crippen LogP contribution in [0.4, 0.5) is 27.8 Å². The third-order valence-corrected chi connectivity index (χ3v) is 4.69. The molecule has 1 aromatic carbocycles. The van der Waals surface area contributed by atoms with Crippen LogP contribution in [0.15, 0.2) is 22.0 Å². The molecule has 1 aromatic heterocycles. The summed E-state index contributed by atoms with van der Waals surface area (Å²) < 4.78 is 67.1. The van der Waals surface area contributed by atoms with Crippen molar-refractivity contribution in [3.8, 4) is 11.8 Å². The van der Waals surface area contributed by atoms with Gasteiger partial charge in [-0.3, -0.25) is 0 Å². The Labute approximate surface area is 176 Å². The maximum Gasteiger partial charge on any atom is 0.416 e. The van der Waals surface area contributed by atoms with Gasteiger partial charge in [-0.05, 0) is 23.9 Å². The van der Waals surface area contributed by atoms with E-state index in [1.165, 1.54) is 11.2 Å². The van der Waals surface area contributed by atoms with Gasteiger partial charge in [-0.25, -0.2) is 9.67 Å². The number of halogens is 7. The van der Waals surface area contributed by atoms with E-state index in [4.69, 9.17) is 23.2 Å². The van der Waals surface area contributed by atoms with Gasteiger partial charge in [0, 0.05) is 21.0 Å². The van der Waals surface area contributed by atoms with Gasteiger partial charge in [0.05, 0.1) is 26.8 Å². The molecule has 0 atom stereocenters. The molecule has 0 aliphatic heterocycles. The van der Waals surface area contributed by atoms with Gasteiger partial charge in [0.25, 0.3) is 5.25 Å². The number of nitriles is 1. The van der Waals surface area contributed by atoms with Gasteiger partial charge >= 0.3 is 6.18 Å². The van der Waals surface area contributed by atoms with Gasteiger partial charge in [0.2, 0.25) is 0 Å². The van der Waals surface area contributed by atoms with Crippen LogP contribution in [0.25, 0.3) is 5.69 Å². The maximum absolute atomic E-state index is 13.6. The van der Waals surface area contributed by atoms with E-state index in [-0.39, 0.29) is 28.2 Å². The van der Waals surface area contributed by atoms with Crippen molar-refractivity contribution in [2.24, 2.45) is 4.99 Å². The van der Waals surface area contributed by atoms with Gasteiger partial charge < -0.3 is 4.90 Å². The Hall–Kier alpha value is -2.03. The molecular formula is C16H12Cl2F5N5S. The van der Waals surface area contributed by atoms with Gasteiger partial charge in [-0.2, -0.15) is 32.3 Å². The number of aliphatic imine (C=N–C) groups is 1. The van der Waals surface area contributed by atoms with E-state index in [0.29, 0.717) is 19.1 Å². The zero-order valence-electron chi connectivity index (χ0n) is 15.0. The average molecular weight is 472 g/mol. The molecule has 0 aliphatic rings. The highest BCUT2D eigenvalue weighted by atomic mass is 35.5. The Morgan fingerprint density at radius 1 is 1.21 bits per heavy atom. The first-order valence-electron chi connectivity index (χ1n) is 7.61. The molecular weight excluding hydrogens is 460 g/mol. The van der Waals surface area contributed by atoms with E-state index >= 15 is 0 Å². The lowest BCUT2D eigenvalue weighted by Gasteiger charge is -2.14. The highest BCUT2D eigenvalue weighted by molar-refractivity contribution is 8.00. The van der Waals surface area contributed by atoms with Gasteiger partial charge in [0.15, 0.2) is 11.5 Å². The van der Waals surface area contributed by atoms with Crippen LogP contribution in [0.1, 0.15) is 18.2 Å². The molecule has 0 radical (unpaired) electrons. The molecule has 0 spiro atoms. The number of rotatable bonds is 5. The Balaban J connectivity index is 2.81. The molecule has 13 heteroatoms. The Morgan fingerprint density at radius 3 is 2.17 bits per heavy atom. The number of benzene rings is 1. The first kappa shape index (κ1) is 23.3. The van der Waals surface area contributed by atoms with Crippen LogP contribution in [-0.4, -0.2) is 40.4 Å². The van der Waals surface area contributed by atoms with Crippen molar-refractivity contribution in [2.45, 2.75) is 23.3 Å². The fourth-order valence-corrected chi connectivity index (χ4v) is 3.53. The number of alkyl halides is 5. The maximum atomic E-state index is 13.6. The number of hydrogen-bond acceptors (Lipinski definition) is 4. The highest BCUT2D eigenvalue weighted by Crippen LogP contribution is 2.45. The second kappa shape index (κ2) is 8.38. The van der Waals surface area contributed by atoms with Gasteiger partial charge in [-0.15, -0.1) is 0 Å². The lowest BCUT2D eigenvalue weighted by Crippen LogP contribution is -2.09. The molecule has 0 amide bonds. The SMILES string of the molecule is CN(C)/C=N/c1c(SC(C)(F)F)c(C#N)nn1-c1c(Cl)cc(C(F)(F)F)cc1Cl. The minimum absolute atomic E-state index is 0.0273. The molecule has 0 aliphatic carbocycles. The molecule has 2 rings (SSSR count). The van der Waals surface area contributed by atoms with Crippen molar-refractivity contribution in [1.29, 1.82) is 5.26 Å². The molecule has 0 N–H and O–H groups in total. The zero-order valence-corrected chi connectivity index (χ0v) is 17.4. The van der Waals surface area contributed by atoms with Crippen molar-refractivity contribution in [3.05, 3.63) is 33.4 Å². The predicted octanol–water partition coefficient (Wildman–Crippen LogP) is 6.00. The Bertz CT molecular complexity index is 966. The van der Waals surface area contributed by atoms with Crippen molar-refractivity contribution in [1.82, 2.24) is 14.7 Å². The van der Waals surface area contributed by atoms with Crippen LogP contribution >= 0.6 is 35.0 Å². The Kier molecular flexibility index (Phi) is 6.71. The van der Waals surface area contributed by atoms with Crippen LogP contribution in [-0.2, 0) is 6.18 Å². The number of aromatic nitrogens is 2. The highest BCUT2D eigenvalue weighted by Gasteiger charge is 2.34. The largest absolute Gasteiger partial charge is 0.416 e. The molecule has 0 unspecified atom stereocenters. The summed E-state index contributed by atoms with van der Waals surface area (Å²) >= 11 is 12.0. The zero-order chi connectivity index (χ0) is 22.1. The third kappa shape index (κ3) is 5.52. The molecule has 156 valence electrons. The van der Waals surface area contributed by atoms with Crippen LogP contribution in [0.5, 0.6) is 0 Å². The van der Waals surface area contributed by atoms with Crippen molar-refractivity contribution < 1.29 is 22.0 Å². The van der Waals surface area contributed by atoms with Crippen LogP contribution in [0.3, 0.4) is 0 Å². The lowest BCUT2D eigenvalue weighted by atomic mass is 10.2. The smallest absolute Gasteiger partial charge is 0.369 e. The van der Waals surface area contributed by atoms with Gasteiger partial charge in [0.1, 0.15) is 11.8 Å². The monoisotopic (exact) mass is 471 g/mol. The summed E-state index contributed by atoms with van der Waals surface area (Å²) in [5.74, 6) is -0.231. The van der Waals surface area contributed by atoms with E-state index in [9.17, 15) is 27.2 Å². The summed E-state index contributed by atoms with van der Waals surface area (Å²) in [5, 5.41) is 9.02. The molecule has 0 saturated heterocycles. The van der Waals surface area contributed by atoms with Crippen molar-refractivity contribution in [2.75, 3.05) is 14.1 Å². The van der Waals surface area contributed by atoms with Gasteiger partial charge in [-0.1, -0.05) is 23.2 Å². The number of thioether (sulfide) groups is 1. The number of nitrogens with zero attached hydrogens (tertiary/aromatic N) is 5. The third-order valence-electron chi connectivity index (χ3n) is 3.17. The summed E-state index contributed by atoms with van der Waals surface area (Å²) in [7, 11) is 3.21. The van der Waals surface area contributed by atoms with Crippen LogP contribution in [0, 0.1) is 11.3 Å². The topological polar surface area (TPSA) is 57.2 Å². The fraction of sp³-hybridized carbons (Fsp3) is 0.312. The molecule has 29 heavy (non-hydrogen) atoms. The minimum atomic E-state index is -4.70. The number of hydrogen-bond donors (Lipinski definition) is 0. The van der Waals surface area contributed by atoms with E-state index in [1.54, 1.807) is 20.2 Å². The summed E-state index contributed by atoms with van der Waals surface area (Å²) in [5.41, 5.74) is -1.73. The van der Waals surface area contributed by atoms with E-state index in [0.717, 1.165) is 4.68 Å². The van der Waals surface area contributed by atoms with E-state index in [1.807, 2.05) is 0 Å². The summed E-state index contributed by atoms with van der Waals surface area (Å²) in [4.78, 5) is 5.26. The molecule has 0 bridgehead atoms. The summed E-state index contributed by atoms with van der Waals surface area (Å²) in [6.07, 6.45) is -3.46. The quantitative estimate of drug-likeness (QED) is 0.232. The van der Waals surface area contributed by atoms with E-state index in [2.05, 4.69) is 10.1 Å². The normalized spacial score (nSPS) is 12.4. The first-order valence-corrected chi connectivity index (χ1v) is 9.19. The summed E-state index contributed by atoms with van der Waals surface area (Å²) in [6, 6.07) is 2.92. The Morgan fingerprint density at radius 2 is 1.76 bits per heavy atom. The van der Waals surface area contributed by atoms with Crippen molar-refractivity contribution in [3.63, 3.8) is 0 Å². The standard InChI is InChI=1S/C16H12Cl2F5N5S/c1-15(19,20)29-13-11(6-24)26-28(14(13)25-7-27(2)3)12-9(17)4-8(5-10(12)18)16(21,22)23/h4-5,7H,1-3H3/b25-7+.